The topological polar surface area (TPSA) is 77.5 Å². The molecule has 3 rings (SSSR count). The molecule has 0 unspecified atom stereocenters. The van der Waals surface area contributed by atoms with Crippen LogP contribution in [0.15, 0.2) is 12.3 Å². The van der Waals surface area contributed by atoms with Gasteiger partial charge in [0.1, 0.15) is 11.1 Å². The van der Waals surface area contributed by atoms with Gasteiger partial charge in [0.15, 0.2) is 0 Å². The number of carbonyl (C=O) groups is 2. The number of hydrogen-bond acceptors (Lipinski definition) is 6. The lowest BCUT2D eigenvalue weighted by Crippen LogP contribution is -2.37. The molecular formula is C15H17ClN2O4S. The Bertz CT molecular complexity index is 607. The molecule has 2 fully saturated rings. The number of pyridine rings is 1. The van der Waals surface area contributed by atoms with Crippen LogP contribution in [0.4, 0.5) is 0 Å². The number of halogens is 1. The Morgan fingerprint density at radius 2 is 2.17 bits per heavy atom. The van der Waals surface area contributed by atoms with Gasteiger partial charge >= 0.3 is 0 Å². The minimum absolute atomic E-state index is 0.00289. The molecule has 0 spiro atoms. The van der Waals surface area contributed by atoms with Gasteiger partial charge in [-0.1, -0.05) is 23.4 Å². The number of aromatic nitrogens is 1. The fraction of sp³-hybridized carbons (Fsp3) is 0.533. The van der Waals surface area contributed by atoms with Gasteiger partial charge in [0.25, 0.3) is 5.91 Å². The monoisotopic (exact) mass is 356 g/mol. The first kappa shape index (κ1) is 16.5. The summed E-state index contributed by atoms with van der Waals surface area (Å²) in [7, 11) is 0. The molecule has 124 valence electrons. The lowest BCUT2D eigenvalue weighted by Gasteiger charge is -2.23. The average Bonchev–Trinajstić information content (AvgIpc) is 2.95. The van der Waals surface area contributed by atoms with Crippen LogP contribution in [0.25, 0.3) is 0 Å². The van der Waals surface area contributed by atoms with Crippen molar-refractivity contribution in [2.24, 2.45) is 0 Å². The molecule has 0 bridgehead atoms. The molecule has 1 N–H and O–H groups in total. The smallest absolute Gasteiger partial charge is 0.253 e. The lowest BCUT2D eigenvalue weighted by atomic mass is 10.1. The van der Waals surface area contributed by atoms with Gasteiger partial charge in [-0.2, -0.15) is 0 Å². The molecule has 3 heterocycles. The summed E-state index contributed by atoms with van der Waals surface area (Å²) in [6, 6.07) is 1.09. The summed E-state index contributed by atoms with van der Waals surface area (Å²) in [6.07, 6.45) is 3.69. The Hall–Kier alpha value is -1.31. The van der Waals surface area contributed by atoms with Crippen LogP contribution in [0.1, 0.15) is 29.6 Å². The van der Waals surface area contributed by atoms with Crippen molar-refractivity contribution < 1.29 is 19.1 Å². The molecule has 1 aromatic heterocycles. The van der Waals surface area contributed by atoms with Crippen molar-refractivity contribution in [2.45, 2.75) is 31.4 Å². The highest BCUT2D eigenvalue weighted by Gasteiger charge is 2.27. The van der Waals surface area contributed by atoms with Crippen LogP contribution in [0.5, 0.6) is 5.88 Å². The summed E-state index contributed by atoms with van der Waals surface area (Å²) in [6.45, 7) is 1.33. The summed E-state index contributed by atoms with van der Waals surface area (Å²) >= 11 is 7.41. The number of carbonyl (C=O) groups excluding carboxylic acids is 2. The first-order chi connectivity index (χ1) is 11.1. The summed E-state index contributed by atoms with van der Waals surface area (Å²) in [5.74, 6) is 0.709. The Labute approximate surface area is 143 Å². The van der Waals surface area contributed by atoms with E-state index in [0.717, 1.165) is 18.6 Å². The van der Waals surface area contributed by atoms with E-state index in [1.165, 1.54) is 24.0 Å². The largest absolute Gasteiger partial charge is 0.473 e. The van der Waals surface area contributed by atoms with E-state index < -0.39 is 6.04 Å². The number of ether oxygens (including phenoxy) is 2. The first-order valence-electron chi connectivity index (χ1n) is 7.51. The third kappa shape index (κ3) is 4.16. The fourth-order valence-corrected chi connectivity index (χ4v) is 3.60. The van der Waals surface area contributed by atoms with Gasteiger partial charge in [-0.3, -0.25) is 9.59 Å². The van der Waals surface area contributed by atoms with Crippen LogP contribution in [0.2, 0.25) is 5.02 Å². The maximum atomic E-state index is 12.2. The van der Waals surface area contributed by atoms with Crippen LogP contribution in [-0.2, 0) is 9.53 Å². The van der Waals surface area contributed by atoms with Crippen molar-refractivity contribution in [1.29, 1.82) is 0 Å². The predicted molar refractivity (Wildman–Crippen MR) is 87.1 cm³/mol. The quantitative estimate of drug-likeness (QED) is 0.889. The summed E-state index contributed by atoms with van der Waals surface area (Å²) in [4.78, 5) is 27.9. The number of amides is 1. The van der Waals surface area contributed by atoms with Gasteiger partial charge in [0.2, 0.25) is 11.0 Å². The minimum Gasteiger partial charge on any atom is -0.473 e. The van der Waals surface area contributed by atoms with E-state index in [0.29, 0.717) is 31.1 Å². The maximum Gasteiger partial charge on any atom is 0.253 e. The number of thioether (sulfide) groups is 1. The van der Waals surface area contributed by atoms with Gasteiger partial charge in [-0.15, -0.1) is 0 Å². The van der Waals surface area contributed by atoms with Crippen molar-refractivity contribution >= 4 is 34.4 Å². The molecule has 0 saturated carbocycles. The van der Waals surface area contributed by atoms with Gasteiger partial charge < -0.3 is 14.8 Å². The molecule has 1 amide bonds. The molecule has 2 aliphatic rings. The highest BCUT2D eigenvalue weighted by molar-refractivity contribution is 8.14. The molecule has 2 saturated heterocycles. The van der Waals surface area contributed by atoms with Crippen LogP contribution in [0, 0.1) is 0 Å². The zero-order valence-corrected chi connectivity index (χ0v) is 14.0. The second-order valence-electron chi connectivity index (χ2n) is 5.42. The summed E-state index contributed by atoms with van der Waals surface area (Å²) < 4.78 is 11.0. The van der Waals surface area contributed by atoms with E-state index in [1.807, 2.05) is 0 Å². The zero-order chi connectivity index (χ0) is 16.2. The molecular weight excluding hydrogens is 340 g/mol. The number of nitrogens with one attached hydrogen (secondary N) is 1. The Balaban J connectivity index is 1.63. The molecule has 2 aliphatic heterocycles. The Kier molecular flexibility index (Phi) is 5.40. The molecule has 6 nitrogen and oxygen atoms in total. The lowest BCUT2D eigenvalue weighted by molar-refractivity contribution is -0.112. The van der Waals surface area contributed by atoms with Gasteiger partial charge in [0.05, 0.1) is 24.8 Å². The van der Waals surface area contributed by atoms with Gasteiger partial charge in [0, 0.05) is 24.8 Å². The van der Waals surface area contributed by atoms with Gasteiger partial charge in [-0.25, -0.2) is 4.98 Å². The molecule has 1 aromatic rings. The highest BCUT2D eigenvalue weighted by Crippen LogP contribution is 2.26. The van der Waals surface area contributed by atoms with Crippen LogP contribution < -0.4 is 10.1 Å². The van der Waals surface area contributed by atoms with Crippen molar-refractivity contribution in [1.82, 2.24) is 10.3 Å². The second kappa shape index (κ2) is 7.51. The number of nitrogens with zero attached hydrogens (tertiary/aromatic N) is 1. The Morgan fingerprint density at radius 1 is 1.39 bits per heavy atom. The molecule has 8 heteroatoms. The van der Waals surface area contributed by atoms with Gasteiger partial charge in [-0.05, 0) is 12.5 Å². The standard InChI is InChI=1S/C15H17ClN2O4S/c16-11-7-9(13(19)18-12-3-6-23-15(12)20)8-17-14(11)22-10-1-4-21-5-2-10/h7-8,10,12H,1-6H2,(H,18,19)/t12-/m0/s1. The van der Waals surface area contributed by atoms with Crippen molar-refractivity contribution in [3.8, 4) is 5.88 Å². The number of rotatable bonds is 4. The van der Waals surface area contributed by atoms with E-state index in [2.05, 4.69) is 10.3 Å². The SMILES string of the molecule is O=C(N[C@H]1CCSC1=O)c1cnc(OC2CCOCC2)c(Cl)c1. The van der Waals surface area contributed by atoms with E-state index in [4.69, 9.17) is 21.1 Å². The minimum atomic E-state index is -0.426. The highest BCUT2D eigenvalue weighted by atomic mass is 35.5. The average molecular weight is 357 g/mol. The van der Waals surface area contributed by atoms with Crippen LogP contribution in [-0.4, -0.2) is 47.1 Å². The molecule has 0 radical (unpaired) electrons. The Morgan fingerprint density at radius 3 is 2.83 bits per heavy atom. The summed E-state index contributed by atoms with van der Waals surface area (Å²) in [5, 5.41) is 2.99. The van der Waals surface area contributed by atoms with E-state index in [9.17, 15) is 9.59 Å². The normalized spacial score (nSPS) is 22.1. The van der Waals surface area contributed by atoms with E-state index >= 15 is 0 Å². The first-order valence-corrected chi connectivity index (χ1v) is 8.87. The third-order valence-corrected chi connectivity index (χ3v) is 5.04. The van der Waals surface area contributed by atoms with Crippen molar-refractivity contribution in [3.05, 3.63) is 22.8 Å². The molecule has 1 atom stereocenters. The fourth-order valence-electron chi connectivity index (χ4n) is 2.46. The zero-order valence-electron chi connectivity index (χ0n) is 12.4. The molecule has 23 heavy (non-hydrogen) atoms. The van der Waals surface area contributed by atoms with Crippen molar-refractivity contribution in [3.63, 3.8) is 0 Å². The van der Waals surface area contributed by atoms with E-state index in [-0.39, 0.29) is 22.1 Å². The predicted octanol–water partition coefficient (Wildman–Crippen LogP) is 2.05. The van der Waals surface area contributed by atoms with Crippen LogP contribution >= 0.6 is 23.4 Å². The summed E-state index contributed by atoms with van der Waals surface area (Å²) in [5.41, 5.74) is 0.319. The molecule has 0 aliphatic carbocycles. The molecule has 0 aromatic carbocycles. The third-order valence-electron chi connectivity index (χ3n) is 3.76. The van der Waals surface area contributed by atoms with Crippen LogP contribution in [0.3, 0.4) is 0 Å². The van der Waals surface area contributed by atoms with Crippen molar-refractivity contribution in [2.75, 3.05) is 19.0 Å². The second-order valence-corrected chi connectivity index (χ2v) is 6.93. The van der Waals surface area contributed by atoms with E-state index in [1.54, 1.807) is 0 Å². The number of hydrogen-bond donors (Lipinski definition) is 1. The maximum absolute atomic E-state index is 12.2.